The minimum Gasteiger partial charge on any atom is -0.318 e. The van der Waals surface area contributed by atoms with Crippen LogP contribution in [0.5, 0.6) is 0 Å². The zero-order chi connectivity index (χ0) is 19.3. The van der Waals surface area contributed by atoms with Crippen LogP contribution in [0, 0.1) is 0 Å². The van der Waals surface area contributed by atoms with E-state index in [0.717, 1.165) is 15.6 Å². The van der Waals surface area contributed by atoms with Crippen molar-refractivity contribution in [3.05, 3.63) is 79.5 Å². The van der Waals surface area contributed by atoms with Crippen LogP contribution >= 0.6 is 27.5 Å². The Morgan fingerprint density at radius 2 is 1.82 bits per heavy atom. The molecule has 2 aromatic heterocycles. The molecule has 0 spiro atoms. The first kappa shape index (κ1) is 17.1. The van der Waals surface area contributed by atoms with E-state index in [0.29, 0.717) is 27.9 Å². The molecule has 0 saturated heterocycles. The summed E-state index contributed by atoms with van der Waals surface area (Å²) in [7, 11) is 0. The number of fused-ring (bicyclic) bond motifs is 2. The van der Waals surface area contributed by atoms with Crippen LogP contribution in [0.15, 0.2) is 57.8 Å². The van der Waals surface area contributed by atoms with Crippen molar-refractivity contribution in [2.24, 2.45) is 0 Å². The minimum absolute atomic E-state index is 0.343. The Morgan fingerprint density at radius 1 is 1.07 bits per heavy atom. The monoisotopic (exact) mass is 455 g/mol. The van der Waals surface area contributed by atoms with E-state index in [1.54, 1.807) is 16.8 Å². The Labute approximate surface area is 171 Å². The fraction of sp³-hybridized carbons (Fsp3) is 0.0556. The third-order valence-corrected chi connectivity index (χ3v) is 5.35. The molecule has 4 aromatic rings. The maximum Gasteiger partial charge on any atom is 0.288 e. The molecule has 1 aliphatic rings. The van der Waals surface area contributed by atoms with Gasteiger partial charge in [-0.05, 0) is 40.3 Å². The number of hydrogen-bond acceptors (Lipinski definition) is 6. The summed E-state index contributed by atoms with van der Waals surface area (Å²) < 4.78 is 2.59. The molecule has 5 rings (SSSR count). The highest BCUT2D eigenvalue weighted by Gasteiger charge is 2.34. The Hall–Kier alpha value is -3.04. The summed E-state index contributed by atoms with van der Waals surface area (Å²) in [6.07, 6.45) is 0. The molecule has 10 heteroatoms. The Kier molecular flexibility index (Phi) is 3.99. The molecule has 0 aliphatic carbocycles. The lowest BCUT2D eigenvalue weighted by atomic mass is 9.92. The molecular formula is C18H11BrClN7O. The summed E-state index contributed by atoms with van der Waals surface area (Å²) in [4.78, 5) is 12.6. The predicted molar refractivity (Wildman–Crippen MR) is 108 cm³/mol. The lowest BCUT2D eigenvalue weighted by molar-refractivity contribution is 0.567. The van der Waals surface area contributed by atoms with Crippen molar-refractivity contribution >= 4 is 39.2 Å². The summed E-state index contributed by atoms with van der Waals surface area (Å²) >= 11 is 9.49. The number of aromatic amines is 1. The molecule has 28 heavy (non-hydrogen) atoms. The summed E-state index contributed by atoms with van der Waals surface area (Å²) in [6.45, 7) is 0. The van der Waals surface area contributed by atoms with Crippen LogP contribution in [0.3, 0.4) is 0 Å². The molecule has 8 nitrogen and oxygen atoms in total. The van der Waals surface area contributed by atoms with Crippen molar-refractivity contribution < 1.29 is 0 Å². The van der Waals surface area contributed by atoms with E-state index in [1.165, 1.54) is 0 Å². The van der Waals surface area contributed by atoms with E-state index >= 15 is 0 Å². The molecular weight excluding hydrogens is 446 g/mol. The maximum atomic E-state index is 12.6. The number of H-pyrrole nitrogens is 1. The number of halogens is 2. The van der Waals surface area contributed by atoms with E-state index in [9.17, 15) is 4.79 Å². The number of anilines is 2. The summed E-state index contributed by atoms with van der Waals surface area (Å²) in [5.74, 6) is 0.388. The van der Waals surface area contributed by atoms with E-state index in [1.807, 2.05) is 36.4 Å². The number of benzene rings is 2. The third kappa shape index (κ3) is 2.71. The van der Waals surface area contributed by atoms with Gasteiger partial charge in [-0.3, -0.25) is 4.79 Å². The molecule has 2 aromatic carbocycles. The summed E-state index contributed by atoms with van der Waals surface area (Å²) in [5.41, 5.74) is 3.07. The second kappa shape index (κ2) is 6.54. The van der Waals surface area contributed by atoms with Gasteiger partial charge in [-0.2, -0.15) is 9.78 Å². The van der Waals surface area contributed by atoms with Crippen molar-refractivity contribution in [2.75, 3.05) is 5.32 Å². The van der Waals surface area contributed by atoms with E-state index in [4.69, 9.17) is 11.6 Å². The molecule has 0 fully saturated rings. The molecule has 0 saturated carbocycles. The molecule has 0 bridgehead atoms. The second-order valence-electron chi connectivity index (χ2n) is 6.22. The van der Waals surface area contributed by atoms with Gasteiger partial charge in [0.25, 0.3) is 5.56 Å². The third-order valence-electron chi connectivity index (χ3n) is 4.57. The van der Waals surface area contributed by atoms with Gasteiger partial charge in [-0.25, -0.2) is 5.10 Å². The normalized spacial score (nSPS) is 14.9. The first-order valence-electron chi connectivity index (χ1n) is 8.30. The predicted octanol–water partition coefficient (Wildman–Crippen LogP) is 3.53. The summed E-state index contributed by atoms with van der Waals surface area (Å²) in [6, 6.07) is 14.6. The quantitative estimate of drug-likeness (QED) is 0.421. The van der Waals surface area contributed by atoms with Gasteiger partial charge >= 0.3 is 0 Å². The van der Waals surface area contributed by atoms with Gasteiger partial charge in [0.1, 0.15) is 11.7 Å². The van der Waals surface area contributed by atoms with Crippen LogP contribution in [0.25, 0.3) is 11.3 Å². The van der Waals surface area contributed by atoms with Crippen molar-refractivity contribution in [3.63, 3.8) is 0 Å². The standard InChI is InChI=1S/C18H11BrClN7O/c19-11-5-1-10(2-6-11)16-13-14(9-3-7-12(20)8-4-9)22-23-17(28)15(13)21-18-24-25-26-27(16)18/h1-8,16H,(H,23,28)(H,21,24,26)/t16-/m1/s1. The van der Waals surface area contributed by atoms with Gasteiger partial charge in [-0.15, -0.1) is 0 Å². The van der Waals surface area contributed by atoms with Crippen molar-refractivity contribution in [1.82, 2.24) is 30.4 Å². The zero-order valence-corrected chi connectivity index (χ0v) is 16.4. The smallest absolute Gasteiger partial charge is 0.288 e. The molecule has 0 unspecified atom stereocenters. The Bertz CT molecular complexity index is 1230. The molecule has 1 aliphatic heterocycles. The highest BCUT2D eigenvalue weighted by Crippen LogP contribution is 2.41. The molecule has 2 N–H and O–H groups in total. The Balaban J connectivity index is 1.81. The summed E-state index contributed by atoms with van der Waals surface area (Å²) in [5, 5.41) is 22.4. The number of nitrogens with one attached hydrogen (secondary N) is 2. The van der Waals surface area contributed by atoms with Crippen LogP contribution in [-0.2, 0) is 0 Å². The fourth-order valence-electron chi connectivity index (χ4n) is 3.32. The lowest BCUT2D eigenvalue weighted by Gasteiger charge is -2.27. The van der Waals surface area contributed by atoms with Crippen LogP contribution in [-0.4, -0.2) is 30.4 Å². The molecule has 0 amide bonds. The van der Waals surface area contributed by atoms with Crippen LogP contribution in [0.1, 0.15) is 17.2 Å². The van der Waals surface area contributed by atoms with Crippen molar-refractivity contribution in [3.8, 4) is 11.3 Å². The molecule has 138 valence electrons. The fourth-order valence-corrected chi connectivity index (χ4v) is 3.71. The van der Waals surface area contributed by atoms with Gasteiger partial charge in [0, 0.05) is 20.6 Å². The van der Waals surface area contributed by atoms with E-state index in [2.05, 4.69) is 47.0 Å². The first-order valence-corrected chi connectivity index (χ1v) is 9.48. The number of tetrazole rings is 1. The highest BCUT2D eigenvalue weighted by atomic mass is 79.9. The van der Waals surface area contributed by atoms with Gasteiger partial charge in [0.15, 0.2) is 0 Å². The minimum atomic E-state index is -0.421. The first-order chi connectivity index (χ1) is 13.6. The van der Waals surface area contributed by atoms with Gasteiger partial charge in [0.05, 0.1) is 5.69 Å². The average Bonchev–Trinajstić information content (AvgIpc) is 3.17. The van der Waals surface area contributed by atoms with E-state index < -0.39 is 6.04 Å². The molecule has 0 radical (unpaired) electrons. The number of rotatable bonds is 2. The van der Waals surface area contributed by atoms with E-state index in [-0.39, 0.29) is 5.56 Å². The number of nitrogens with zero attached hydrogens (tertiary/aromatic N) is 5. The van der Waals surface area contributed by atoms with Crippen LogP contribution in [0.2, 0.25) is 5.02 Å². The van der Waals surface area contributed by atoms with Gasteiger partial charge < -0.3 is 5.32 Å². The maximum absolute atomic E-state index is 12.6. The number of hydrogen-bond donors (Lipinski definition) is 2. The molecule has 3 heterocycles. The van der Waals surface area contributed by atoms with Crippen LogP contribution in [0.4, 0.5) is 11.6 Å². The topological polar surface area (TPSA) is 101 Å². The lowest BCUT2D eigenvalue weighted by Crippen LogP contribution is -2.29. The molecule has 1 atom stereocenters. The van der Waals surface area contributed by atoms with Gasteiger partial charge in [0.2, 0.25) is 5.95 Å². The van der Waals surface area contributed by atoms with Crippen LogP contribution < -0.4 is 10.9 Å². The largest absolute Gasteiger partial charge is 0.318 e. The highest BCUT2D eigenvalue weighted by molar-refractivity contribution is 9.10. The van der Waals surface area contributed by atoms with Gasteiger partial charge in [-0.1, -0.05) is 56.9 Å². The second-order valence-corrected chi connectivity index (χ2v) is 7.58. The number of aromatic nitrogens is 6. The average molecular weight is 457 g/mol. The SMILES string of the molecule is O=c1[nH]nc(-c2ccc(Cl)cc2)c2c1Nc1nnnn1[C@@H]2c1ccc(Br)cc1. The van der Waals surface area contributed by atoms with Crippen molar-refractivity contribution in [2.45, 2.75) is 6.04 Å². The Morgan fingerprint density at radius 3 is 2.57 bits per heavy atom. The van der Waals surface area contributed by atoms with Crippen molar-refractivity contribution in [1.29, 1.82) is 0 Å². The zero-order valence-electron chi connectivity index (χ0n) is 14.1.